The molecule has 0 radical (unpaired) electrons. The summed E-state index contributed by atoms with van der Waals surface area (Å²) in [7, 11) is 0. The van der Waals surface area contributed by atoms with Gasteiger partial charge in [-0.3, -0.25) is 4.90 Å². The second-order valence-electron chi connectivity index (χ2n) is 6.81. The topological polar surface area (TPSA) is 57.7 Å². The van der Waals surface area contributed by atoms with Gasteiger partial charge in [0.1, 0.15) is 5.82 Å². The molecule has 1 N–H and O–H groups in total. The Balaban J connectivity index is 1.41. The second kappa shape index (κ2) is 7.15. The van der Waals surface area contributed by atoms with Gasteiger partial charge in [0.05, 0.1) is 0 Å². The predicted molar refractivity (Wildman–Crippen MR) is 98.0 cm³/mol. The summed E-state index contributed by atoms with van der Waals surface area (Å²) in [6.45, 7) is 5.11. The van der Waals surface area contributed by atoms with Crippen molar-refractivity contribution in [3.05, 3.63) is 66.0 Å². The van der Waals surface area contributed by atoms with Crippen LogP contribution >= 0.6 is 0 Å². The maximum absolute atomic E-state index is 4.54. The Morgan fingerprint density at radius 3 is 2.60 bits per heavy atom. The SMILES string of the molecule is Cc1cnc([C@@H]2CCCN(Cc3cnc(-c4ccccc4)nc3)C2)[nH]1. The number of hydrogen-bond acceptors (Lipinski definition) is 4. The highest BCUT2D eigenvalue weighted by molar-refractivity contribution is 5.53. The molecule has 25 heavy (non-hydrogen) atoms. The van der Waals surface area contributed by atoms with Gasteiger partial charge in [0, 0.05) is 54.4 Å². The van der Waals surface area contributed by atoms with Gasteiger partial charge >= 0.3 is 0 Å². The predicted octanol–water partition coefficient (Wildman–Crippen LogP) is 3.55. The minimum atomic E-state index is 0.493. The van der Waals surface area contributed by atoms with Gasteiger partial charge in [-0.1, -0.05) is 30.3 Å². The molecule has 0 unspecified atom stereocenters. The summed E-state index contributed by atoms with van der Waals surface area (Å²) in [6.07, 6.45) is 8.23. The molecule has 1 saturated heterocycles. The Labute approximate surface area is 148 Å². The fourth-order valence-corrected chi connectivity index (χ4v) is 3.49. The monoisotopic (exact) mass is 333 g/mol. The van der Waals surface area contributed by atoms with Crippen molar-refractivity contribution in [3.8, 4) is 11.4 Å². The number of likely N-dealkylation sites (tertiary alicyclic amines) is 1. The van der Waals surface area contributed by atoms with E-state index >= 15 is 0 Å². The summed E-state index contributed by atoms with van der Waals surface area (Å²) >= 11 is 0. The molecule has 1 fully saturated rings. The van der Waals surface area contributed by atoms with E-state index in [0.717, 1.165) is 48.1 Å². The molecule has 0 saturated carbocycles. The van der Waals surface area contributed by atoms with Crippen LogP contribution in [-0.4, -0.2) is 37.9 Å². The van der Waals surface area contributed by atoms with Crippen molar-refractivity contribution in [2.45, 2.75) is 32.2 Å². The van der Waals surface area contributed by atoms with Crippen LogP contribution in [-0.2, 0) is 6.54 Å². The van der Waals surface area contributed by atoms with Crippen molar-refractivity contribution < 1.29 is 0 Å². The summed E-state index contributed by atoms with van der Waals surface area (Å²) in [4.78, 5) is 19.5. The number of nitrogens with one attached hydrogen (secondary N) is 1. The number of aryl methyl sites for hydroxylation is 1. The minimum absolute atomic E-state index is 0.493. The van der Waals surface area contributed by atoms with E-state index in [1.165, 1.54) is 12.8 Å². The summed E-state index contributed by atoms with van der Waals surface area (Å²) < 4.78 is 0. The van der Waals surface area contributed by atoms with E-state index < -0.39 is 0 Å². The number of benzene rings is 1. The van der Waals surface area contributed by atoms with E-state index in [0.29, 0.717) is 5.92 Å². The molecule has 128 valence electrons. The van der Waals surface area contributed by atoms with Crippen molar-refractivity contribution in [1.29, 1.82) is 0 Å². The molecule has 0 amide bonds. The maximum Gasteiger partial charge on any atom is 0.159 e. The molecule has 1 aliphatic heterocycles. The third-order valence-electron chi connectivity index (χ3n) is 4.76. The minimum Gasteiger partial charge on any atom is -0.346 e. The average molecular weight is 333 g/mol. The molecule has 0 spiro atoms. The zero-order valence-electron chi connectivity index (χ0n) is 14.5. The first-order chi connectivity index (χ1) is 12.3. The highest BCUT2D eigenvalue weighted by atomic mass is 15.1. The zero-order chi connectivity index (χ0) is 17.1. The summed E-state index contributed by atoms with van der Waals surface area (Å²) in [5.74, 6) is 2.40. The van der Waals surface area contributed by atoms with Gasteiger partial charge in [-0.25, -0.2) is 15.0 Å². The van der Waals surface area contributed by atoms with E-state index in [2.05, 4.69) is 31.8 Å². The number of piperidine rings is 1. The Kier molecular flexibility index (Phi) is 4.57. The number of nitrogens with zero attached hydrogens (tertiary/aromatic N) is 4. The molecule has 3 heterocycles. The van der Waals surface area contributed by atoms with Crippen LogP contribution in [0.25, 0.3) is 11.4 Å². The van der Waals surface area contributed by atoms with E-state index in [4.69, 9.17) is 0 Å². The lowest BCUT2D eigenvalue weighted by molar-refractivity contribution is 0.196. The summed E-state index contributed by atoms with van der Waals surface area (Å²) in [5.41, 5.74) is 3.35. The Morgan fingerprint density at radius 1 is 1.08 bits per heavy atom. The average Bonchev–Trinajstić information content (AvgIpc) is 3.10. The maximum atomic E-state index is 4.54. The molecule has 2 aromatic heterocycles. The van der Waals surface area contributed by atoms with Crippen LogP contribution in [0, 0.1) is 6.92 Å². The van der Waals surface area contributed by atoms with Crippen LogP contribution < -0.4 is 0 Å². The first-order valence-electron chi connectivity index (χ1n) is 8.88. The fraction of sp³-hybridized carbons (Fsp3) is 0.350. The first kappa shape index (κ1) is 16.0. The first-order valence-corrected chi connectivity index (χ1v) is 8.88. The van der Waals surface area contributed by atoms with E-state index in [1.807, 2.05) is 48.9 Å². The van der Waals surface area contributed by atoms with E-state index in [-0.39, 0.29) is 0 Å². The molecule has 0 bridgehead atoms. The molecular formula is C20H23N5. The fourth-order valence-electron chi connectivity index (χ4n) is 3.49. The molecule has 1 atom stereocenters. The van der Waals surface area contributed by atoms with Gasteiger partial charge in [-0.05, 0) is 26.3 Å². The number of rotatable bonds is 4. The van der Waals surface area contributed by atoms with Gasteiger partial charge in [0.25, 0.3) is 0 Å². The lowest BCUT2D eigenvalue weighted by Crippen LogP contribution is -2.34. The van der Waals surface area contributed by atoms with Gasteiger partial charge in [-0.15, -0.1) is 0 Å². The largest absolute Gasteiger partial charge is 0.346 e. The number of imidazole rings is 1. The molecule has 4 rings (SSSR count). The normalized spacial score (nSPS) is 18.4. The molecule has 5 nitrogen and oxygen atoms in total. The number of aromatic nitrogens is 4. The second-order valence-corrected chi connectivity index (χ2v) is 6.81. The van der Waals surface area contributed by atoms with Crippen molar-refractivity contribution in [2.75, 3.05) is 13.1 Å². The van der Waals surface area contributed by atoms with Crippen LogP contribution in [0.3, 0.4) is 0 Å². The van der Waals surface area contributed by atoms with Gasteiger partial charge < -0.3 is 4.98 Å². The van der Waals surface area contributed by atoms with Crippen molar-refractivity contribution >= 4 is 0 Å². The smallest absolute Gasteiger partial charge is 0.159 e. The van der Waals surface area contributed by atoms with Crippen LogP contribution in [0.1, 0.15) is 35.8 Å². The van der Waals surface area contributed by atoms with Gasteiger partial charge in [0.15, 0.2) is 5.82 Å². The summed E-state index contributed by atoms with van der Waals surface area (Å²) in [6, 6.07) is 10.1. The van der Waals surface area contributed by atoms with Crippen LogP contribution in [0.4, 0.5) is 0 Å². The Bertz CT molecular complexity index is 810. The molecular weight excluding hydrogens is 310 g/mol. The number of hydrogen-bond donors (Lipinski definition) is 1. The van der Waals surface area contributed by atoms with Crippen LogP contribution in [0.5, 0.6) is 0 Å². The van der Waals surface area contributed by atoms with Crippen LogP contribution in [0.2, 0.25) is 0 Å². The zero-order valence-corrected chi connectivity index (χ0v) is 14.5. The van der Waals surface area contributed by atoms with E-state index in [1.54, 1.807) is 0 Å². The molecule has 1 aliphatic rings. The Hall–Kier alpha value is -2.53. The van der Waals surface area contributed by atoms with Gasteiger partial charge in [-0.2, -0.15) is 0 Å². The van der Waals surface area contributed by atoms with Crippen molar-refractivity contribution in [3.63, 3.8) is 0 Å². The lowest BCUT2D eigenvalue weighted by atomic mass is 9.97. The van der Waals surface area contributed by atoms with E-state index in [9.17, 15) is 0 Å². The Morgan fingerprint density at radius 2 is 1.88 bits per heavy atom. The standard InChI is InChI=1S/C20H23N5/c1-15-10-21-20(24-15)18-8-5-9-25(14-18)13-16-11-22-19(23-12-16)17-6-3-2-4-7-17/h2-4,6-7,10-12,18H,5,8-9,13-14H2,1H3,(H,21,24)/t18-/m1/s1. The third-order valence-corrected chi connectivity index (χ3v) is 4.76. The van der Waals surface area contributed by atoms with Crippen molar-refractivity contribution in [2.24, 2.45) is 0 Å². The highest BCUT2D eigenvalue weighted by Gasteiger charge is 2.23. The number of H-pyrrole nitrogens is 1. The highest BCUT2D eigenvalue weighted by Crippen LogP contribution is 2.25. The molecule has 0 aliphatic carbocycles. The third kappa shape index (κ3) is 3.77. The van der Waals surface area contributed by atoms with Gasteiger partial charge in [0.2, 0.25) is 0 Å². The molecule has 1 aromatic carbocycles. The number of aromatic amines is 1. The lowest BCUT2D eigenvalue weighted by Gasteiger charge is -2.31. The molecule has 5 heteroatoms. The van der Waals surface area contributed by atoms with Crippen molar-refractivity contribution in [1.82, 2.24) is 24.8 Å². The quantitative estimate of drug-likeness (QED) is 0.793. The summed E-state index contributed by atoms with van der Waals surface area (Å²) in [5, 5.41) is 0. The molecule has 3 aromatic rings. The van der Waals surface area contributed by atoms with Crippen LogP contribution in [0.15, 0.2) is 48.9 Å².